The molecule has 0 aliphatic carbocycles. The molecule has 15 heavy (non-hydrogen) atoms. The molecule has 0 saturated heterocycles. The molecular weight excluding hydrogens is 232 g/mol. The summed E-state index contributed by atoms with van der Waals surface area (Å²) in [5.74, 6) is 1.73. The quantitative estimate of drug-likeness (QED) is 0.799. The van der Waals surface area contributed by atoms with E-state index in [1.54, 1.807) is 23.5 Å². The fourth-order valence-corrected chi connectivity index (χ4v) is 2.11. The number of hydrogen-bond donors (Lipinski definition) is 0. The zero-order valence-corrected chi connectivity index (χ0v) is 10.8. The van der Waals surface area contributed by atoms with Crippen molar-refractivity contribution >= 4 is 29.1 Å². The topological polar surface area (TPSA) is 34.9 Å². The molecule has 5 heteroatoms. The predicted octanol–water partition coefficient (Wildman–Crippen LogP) is 2.25. The van der Waals surface area contributed by atoms with Crippen LogP contribution >= 0.6 is 23.4 Å². The third kappa shape index (κ3) is 3.24. The van der Waals surface area contributed by atoms with Gasteiger partial charge in [-0.25, -0.2) is 0 Å². The summed E-state index contributed by atoms with van der Waals surface area (Å²) >= 11 is 7.67. The van der Waals surface area contributed by atoms with Crippen LogP contribution in [0.5, 0.6) is 0 Å². The minimum atomic E-state index is 0.208. The number of aromatic nitrogens is 2. The summed E-state index contributed by atoms with van der Waals surface area (Å²) in [5, 5.41) is 4.74. The third-order valence-electron chi connectivity index (χ3n) is 2.11. The van der Waals surface area contributed by atoms with Crippen molar-refractivity contribution < 1.29 is 4.79 Å². The van der Waals surface area contributed by atoms with Gasteiger partial charge < -0.3 is 0 Å². The van der Waals surface area contributed by atoms with Crippen LogP contribution in [0.2, 0.25) is 5.15 Å². The molecule has 0 radical (unpaired) electrons. The number of rotatable bonds is 5. The van der Waals surface area contributed by atoms with Gasteiger partial charge in [0.1, 0.15) is 10.9 Å². The normalized spacial score (nSPS) is 10.7. The lowest BCUT2D eigenvalue weighted by molar-refractivity contribution is -0.116. The number of Topliss-reactive ketones (excluding diaryl/α,β-unsaturated/α-hetero) is 1. The van der Waals surface area contributed by atoms with E-state index in [-0.39, 0.29) is 5.78 Å². The monoisotopic (exact) mass is 246 g/mol. The van der Waals surface area contributed by atoms with Crippen LogP contribution < -0.4 is 0 Å². The number of carbonyl (C=O) groups excluding carboxylic acids is 1. The van der Waals surface area contributed by atoms with Gasteiger partial charge in [0, 0.05) is 19.0 Å². The first-order chi connectivity index (χ1) is 7.06. The highest BCUT2D eigenvalue weighted by Gasteiger charge is 2.14. The molecule has 84 valence electrons. The number of hydrogen-bond acceptors (Lipinski definition) is 3. The van der Waals surface area contributed by atoms with Crippen molar-refractivity contribution in [2.75, 3.05) is 11.5 Å². The van der Waals surface area contributed by atoms with E-state index in [0.717, 1.165) is 17.0 Å². The van der Waals surface area contributed by atoms with Gasteiger partial charge in [0.25, 0.3) is 0 Å². The number of thioether (sulfide) groups is 1. The van der Waals surface area contributed by atoms with Crippen molar-refractivity contribution in [1.29, 1.82) is 0 Å². The lowest BCUT2D eigenvalue weighted by Crippen LogP contribution is -2.06. The highest BCUT2D eigenvalue weighted by atomic mass is 35.5. The van der Waals surface area contributed by atoms with E-state index >= 15 is 0 Å². The molecule has 0 saturated carbocycles. The van der Waals surface area contributed by atoms with Gasteiger partial charge in [-0.15, -0.1) is 0 Å². The molecule has 3 nitrogen and oxygen atoms in total. The van der Waals surface area contributed by atoms with Gasteiger partial charge in [0.15, 0.2) is 0 Å². The van der Waals surface area contributed by atoms with Crippen LogP contribution in [0.15, 0.2) is 0 Å². The fraction of sp³-hybridized carbons (Fsp3) is 0.600. The molecule has 0 amide bonds. The highest BCUT2D eigenvalue weighted by molar-refractivity contribution is 7.99. The Kier molecular flexibility index (Phi) is 4.67. The van der Waals surface area contributed by atoms with Crippen molar-refractivity contribution in [1.82, 2.24) is 9.78 Å². The molecule has 0 spiro atoms. The van der Waals surface area contributed by atoms with Crippen LogP contribution in [0.3, 0.4) is 0 Å². The zero-order valence-electron chi connectivity index (χ0n) is 9.21. The minimum Gasteiger partial charge on any atom is -0.298 e. The maximum Gasteiger partial charge on any atom is 0.147 e. The van der Waals surface area contributed by atoms with Crippen molar-refractivity contribution in [2.45, 2.75) is 20.3 Å². The fourth-order valence-electron chi connectivity index (χ4n) is 1.34. The third-order valence-corrected chi connectivity index (χ3v) is 3.52. The summed E-state index contributed by atoms with van der Waals surface area (Å²) in [6, 6.07) is 0. The first-order valence-corrected chi connectivity index (χ1v) is 6.37. The Morgan fingerprint density at radius 2 is 2.27 bits per heavy atom. The van der Waals surface area contributed by atoms with Gasteiger partial charge in [-0.2, -0.15) is 16.9 Å². The number of carbonyl (C=O) groups is 1. The maximum atomic E-state index is 11.6. The molecule has 0 aromatic carbocycles. The van der Waals surface area contributed by atoms with E-state index in [1.165, 1.54) is 0 Å². The summed E-state index contributed by atoms with van der Waals surface area (Å²) in [6.07, 6.45) is 0.394. The van der Waals surface area contributed by atoms with Crippen LogP contribution in [0.4, 0.5) is 0 Å². The Morgan fingerprint density at radius 3 is 2.73 bits per heavy atom. The molecule has 0 aliphatic heterocycles. The molecule has 0 fully saturated rings. The number of halogens is 1. The van der Waals surface area contributed by atoms with Gasteiger partial charge in [0.2, 0.25) is 0 Å². The molecule has 0 bridgehead atoms. The first-order valence-electron chi connectivity index (χ1n) is 4.83. The smallest absolute Gasteiger partial charge is 0.147 e. The van der Waals surface area contributed by atoms with E-state index in [9.17, 15) is 4.79 Å². The largest absolute Gasteiger partial charge is 0.298 e. The second kappa shape index (κ2) is 5.56. The molecule has 1 heterocycles. The van der Waals surface area contributed by atoms with E-state index in [2.05, 4.69) is 5.10 Å². The Morgan fingerprint density at radius 1 is 1.60 bits per heavy atom. The molecule has 1 aromatic heterocycles. The Balaban J connectivity index is 2.68. The van der Waals surface area contributed by atoms with Crippen molar-refractivity contribution in [2.24, 2.45) is 7.05 Å². The number of ketones is 1. The van der Waals surface area contributed by atoms with Crippen molar-refractivity contribution in [3.63, 3.8) is 0 Å². The molecule has 1 aromatic rings. The van der Waals surface area contributed by atoms with Crippen LogP contribution in [0.1, 0.15) is 18.2 Å². The second-order valence-electron chi connectivity index (χ2n) is 3.33. The zero-order chi connectivity index (χ0) is 11.4. The maximum absolute atomic E-state index is 11.6. The molecular formula is C10H15ClN2OS. The highest BCUT2D eigenvalue weighted by Crippen LogP contribution is 2.19. The van der Waals surface area contributed by atoms with Gasteiger partial charge in [-0.1, -0.05) is 18.5 Å². The Bertz CT molecular complexity index is 363. The van der Waals surface area contributed by atoms with Crippen LogP contribution in [-0.4, -0.2) is 27.1 Å². The number of aryl methyl sites for hydroxylation is 2. The summed E-state index contributed by atoms with van der Waals surface area (Å²) in [4.78, 5) is 11.6. The molecule has 1 rings (SSSR count). The molecule has 0 unspecified atom stereocenters. The van der Waals surface area contributed by atoms with E-state index in [4.69, 9.17) is 11.6 Å². The Labute approximate surface area is 99.2 Å². The first kappa shape index (κ1) is 12.6. The summed E-state index contributed by atoms with van der Waals surface area (Å²) in [6.45, 7) is 3.92. The predicted molar refractivity (Wildman–Crippen MR) is 64.7 cm³/mol. The van der Waals surface area contributed by atoms with Crippen LogP contribution in [-0.2, 0) is 18.3 Å². The van der Waals surface area contributed by atoms with E-state index in [0.29, 0.717) is 17.3 Å². The Hall–Kier alpha value is -0.480. The molecule has 0 atom stereocenters. The lowest BCUT2D eigenvalue weighted by atomic mass is 10.1. The van der Waals surface area contributed by atoms with Gasteiger partial charge >= 0.3 is 0 Å². The minimum absolute atomic E-state index is 0.208. The SMILES string of the molecule is CCSCC(=O)Cc1c(C)nn(C)c1Cl. The van der Waals surface area contributed by atoms with Crippen molar-refractivity contribution in [3.8, 4) is 0 Å². The second-order valence-corrected chi connectivity index (χ2v) is 4.96. The van der Waals surface area contributed by atoms with Gasteiger partial charge in [0.05, 0.1) is 11.4 Å². The van der Waals surface area contributed by atoms with Gasteiger partial charge in [-0.3, -0.25) is 9.48 Å². The standard InChI is InChI=1S/C10H15ClN2OS/c1-4-15-6-8(14)5-9-7(2)12-13(3)10(9)11/h4-6H2,1-3H3. The number of nitrogens with zero attached hydrogens (tertiary/aromatic N) is 2. The lowest BCUT2D eigenvalue weighted by Gasteiger charge is -1.99. The van der Waals surface area contributed by atoms with Gasteiger partial charge in [-0.05, 0) is 12.7 Å². The summed E-state index contributed by atoms with van der Waals surface area (Å²) in [7, 11) is 1.78. The molecule has 0 N–H and O–H groups in total. The van der Waals surface area contributed by atoms with Crippen LogP contribution in [0, 0.1) is 6.92 Å². The average Bonchev–Trinajstić information content (AvgIpc) is 2.42. The van der Waals surface area contributed by atoms with E-state index < -0.39 is 0 Å². The molecule has 0 aliphatic rings. The summed E-state index contributed by atoms with van der Waals surface area (Å²) in [5.41, 5.74) is 1.71. The van der Waals surface area contributed by atoms with E-state index in [1.807, 2.05) is 13.8 Å². The summed E-state index contributed by atoms with van der Waals surface area (Å²) < 4.78 is 1.60. The average molecular weight is 247 g/mol. The van der Waals surface area contributed by atoms with Crippen LogP contribution in [0.25, 0.3) is 0 Å². The van der Waals surface area contributed by atoms with Crippen molar-refractivity contribution in [3.05, 3.63) is 16.4 Å².